The summed E-state index contributed by atoms with van der Waals surface area (Å²) >= 11 is 0. The van der Waals surface area contributed by atoms with Gasteiger partial charge in [-0.2, -0.15) is 0 Å². The number of anilines is 3. The van der Waals surface area contributed by atoms with Gasteiger partial charge in [0.05, 0.1) is 17.4 Å². The highest BCUT2D eigenvalue weighted by Gasteiger charge is 2.13. The minimum absolute atomic E-state index is 0.0250. The maximum atomic E-state index is 12.7. The number of pyridine rings is 1. The molecule has 0 saturated heterocycles. The fraction of sp³-hybridized carbons (Fsp3) is 0.217. The highest BCUT2D eigenvalue weighted by atomic mass is 16.5. The molecule has 5 heteroatoms. The van der Waals surface area contributed by atoms with Gasteiger partial charge in [-0.1, -0.05) is 30.3 Å². The molecule has 0 aliphatic rings. The average Bonchev–Trinajstić information content (AvgIpc) is 2.71. The van der Waals surface area contributed by atoms with Crippen LogP contribution in [0, 0.1) is 0 Å². The Kier molecular flexibility index (Phi) is 6.27. The summed E-state index contributed by atoms with van der Waals surface area (Å²) < 4.78 is 5.76. The summed E-state index contributed by atoms with van der Waals surface area (Å²) in [6, 6.07) is 21.1. The van der Waals surface area contributed by atoms with Crippen molar-refractivity contribution in [3.63, 3.8) is 0 Å². The number of nitrogens with one attached hydrogen (secondary N) is 1. The van der Waals surface area contributed by atoms with E-state index in [1.54, 1.807) is 12.3 Å². The molecule has 1 amide bonds. The molecule has 144 valence electrons. The van der Waals surface area contributed by atoms with Gasteiger partial charge in [0.15, 0.2) is 0 Å². The molecule has 1 N–H and O–H groups in total. The van der Waals surface area contributed by atoms with E-state index in [9.17, 15) is 4.79 Å². The molecule has 0 fully saturated rings. The molecule has 3 aromatic rings. The Hall–Kier alpha value is -3.34. The van der Waals surface area contributed by atoms with Crippen molar-refractivity contribution >= 4 is 23.1 Å². The van der Waals surface area contributed by atoms with Gasteiger partial charge in [-0.25, -0.2) is 4.98 Å². The molecule has 0 aliphatic heterocycles. The summed E-state index contributed by atoms with van der Waals surface area (Å²) in [6.45, 7) is 6.75. The molecule has 0 spiro atoms. The molecular weight excluding hydrogens is 350 g/mol. The standard InChI is InChI=1S/C23H25N3O2/c1-4-26(19-10-6-5-7-11-19)22-15-14-18(16-24-22)23(27)25-20-12-8-9-13-21(20)28-17(2)3/h5-17H,4H2,1-3H3,(H,25,27). The lowest BCUT2D eigenvalue weighted by molar-refractivity contribution is 0.102. The van der Waals surface area contributed by atoms with Crippen LogP contribution in [0.5, 0.6) is 5.75 Å². The highest BCUT2D eigenvalue weighted by molar-refractivity contribution is 6.04. The van der Waals surface area contributed by atoms with Gasteiger partial charge in [-0.3, -0.25) is 4.79 Å². The summed E-state index contributed by atoms with van der Waals surface area (Å²) in [7, 11) is 0. The Balaban J connectivity index is 1.76. The lowest BCUT2D eigenvalue weighted by atomic mass is 10.2. The second-order valence-corrected chi connectivity index (χ2v) is 6.60. The van der Waals surface area contributed by atoms with Crippen LogP contribution in [0.1, 0.15) is 31.1 Å². The van der Waals surface area contributed by atoms with E-state index in [2.05, 4.69) is 22.1 Å². The van der Waals surface area contributed by atoms with Gasteiger partial charge in [-0.05, 0) is 57.2 Å². The molecule has 2 aromatic carbocycles. The molecule has 0 atom stereocenters. The zero-order valence-corrected chi connectivity index (χ0v) is 16.4. The summed E-state index contributed by atoms with van der Waals surface area (Å²) in [5.74, 6) is 1.23. The number of rotatable bonds is 7. The number of amides is 1. The minimum atomic E-state index is -0.221. The number of nitrogens with zero attached hydrogens (tertiary/aromatic N) is 2. The Morgan fingerprint density at radius 1 is 1.04 bits per heavy atom. The van der Waals surface area contributed by atoms with Crippen molar-refractivity contribution in [2.45, 2.75) is 26.9 Å². The minimum Gasteiger partial charge on any atom is -0.489 e. The Bertz CT molecular complexity index is 909. The smallest absolute Gasteiger partial charge is 0.257 e. The fourth-order valence-electron chi connectivity index (χ4n) is 2.89. The van der Waals surface area contributed by atoms with Crippen molar-refractivity contribution in [2.75, 3.05) is 16.8 Å². The molecule has 28 heavy (non-hydrogen) atoms. The first-order valence-electron chi connectivity index (χ1n) is 9.44. The second-order valence-electron chi connectivity index (χ2n) is 6.60. The zero-order chi connectivity index (χ0) is 19.9. The Morgan fingerprint density at radius 3 is 2.39 bits per heavy atom. The number of hydrogen-bond donors (Lipinski definition) is 1. The van der Waals surface area contributed by atoms with Gasteiger partial charge >= 0.3 is 0 Å². The SMILES string of the molecule is CCN(c1ccccc1)c1ccc(C(=O)Nc2ccccc2OC(C)C)cn1. The van der Waals surface area contributed by atoms with E-state index in [0.29, 0.717) is 17.0 Å². The molecule has 1 heterocycles. The third kappa shape index (κ3) is 4.68. The van der Waals surface area contributed by atoms with Crippen LogP contribution < -0.4 is 15.0 Å². The van der Waals surface area contributed by atoms with E-state index in [4.69, 9.17) is 4.74 Å². The van der Waals surface area contributed by atoms with Crippen molar-refractivity contribution < 1.29 is 9.53 Å². The van der Waals surface area contributed by atoms with Gasteiger partial charge in [-0.15, -0.1) is 0 Å². The number of carbonyl (C=O) groups excluding carboxylic acids is 1. The molecule has 3 rings (SSSR count). The number of ether oxygens (including phenoxy) is 1. The maximum Gasteiger partial charge on any atom is 0.257 e. The van der Waals surface area contributed by atoms with Gasteiger partial charge in [0.2, 0.25) is 0 Å². The lowest BCUT2D eigenvalue weighted by Gasteiger charge is -2.22. The number of carbonyl (C=O) groups is 1. The summed E-state index contributed by atoms with van der Waals surface area (Å²) in [6.07, 6.45) is 1.62. The van der Waals surface area contributed by atoms with Gasteiger partial charge < -0.3 is 15.0 Å². The molecule has 0 radical (unpaired) electrons. The maximum absolute atomic E-state index is 12.7. The van der Waals surface area contributed by atoms with Gasteiger partial charge in [0, 0.05) is 18.4 Å². The van der Waals surface area contributed by atoms with E-state index < -0.39 is 0 Å². The first kappa shape index (κ1) is 19.4. The third-order valence-electron chi connectivity index (χ3n) is 4.17. The van der Waals surface area contributed by atoms with E-state index in [1.807, 2.05) is 74.5 Å². The molecule has 0 aliphatic carbocycles. The van der Waals surface area contributed by atoms with E-state index in [0.717, 1.165) is 18.1 Å². The van der Waals surface area contributed by atoms with E-state index >= 15 is 0 Å². The van der Waals surface area contributed by atoms with Gasteiger partial charge in [0.25, 0.3) is 5.91 Å². The topological polar surface area (TPSA) is 54.5 Å². The molecular formula is C23H25N3O2. The van der Waals surface area contributed by atoms with Gasteiger partial charge in [0.1, 0.15) is 11.6 Å². The Labute approximate surface area is 166 Å². The molecule has 1 aromatic heterocycles. The molecule has 0 saturated carbocycles. The lowest BCUT2D eigenvalue weighted by Crippen LogP contribution is -2.18. The number of para-hydroxylation sites is 3. The van der Waals surface area contributed by atoms with Crippen LogP contribution in [-0.2, 0) is 0 Å². The van der Waals surface area contributed by atoms with E-state index in [1.165, 1.54) is 0 Å². The molecule has 0 unspecified atom stereocenters. The van der Waals surface area contributed by atoms with Crippen molar-refractivity contribution in [2.24, 2.45) is 0 Å². The number of aromatic nitrogens is 1. The second kappa shape index (κ2) is 9.04. The fourth-order valence-corrected chi connectivity index (χ4v) is 2.89. The summed E-state index contributed by atoms with van der Waals surface area (Å²) in [5, 5.41) is 2.91. The van der Waals surface area contributed by atoms with Crippen molar-refractivity contribution in [3.8, 4) is 5.75 Å². The number of hydrogen-bond acceptors (Lipinski definition) is 4. The van der Waals surface area contributed by atoms with E-state index in [-0.39, 0.29) is 12.0 Å². The monoisotopic (exact) mass is 375 g/mol. The quantitative estimate of drug-likeness (QED) is 0.610. The summed E-state index contributed by atoms with van der Waals surface area (Å²) in [4.78, 5) is 19.2. The first-order valence-corrected chi connectivity index (χ1v) is 9.44. The largest absolute Gasteiger partial charge is 0.489 e. The predicted octanol–water partition coefficient (Wildman–Crippen LogP) is 5.28. The average molecular weight is 375 g/mol. The molecule has 0 bridgehead atoms. The normalized spacial score (nSPS) is 10.6. The van der Waals surface area contributed by atoms with Crippen LogP contribution in [0.3, 0.4) is 0 Å². The zero-order valence-electron chi connectivity index (χ0n) is 16.4. The van der Waals surface area contributed by atoms with Crippen molar-refractivity contribution in [1.29, 1.82) is 0 Å². The Morgan fingerprint density at radius 2 is 1.75 bits per heavy atom. The van der Waals surface area contributed by atoms with Crippen LogP contribution in [0.4, 0.5) is 17.2 Å². The first-order chi connectivity index (χ1) is 13.6. The van der Waals surface area contributed by atoms with Crippen LogP contribution in [0.25, 0.3) is 0 Å². The summed E-state index contributed by atoms with van der Waals surface area (Å²) in [5.41, 5.74) is 2.20. The van der Waals surface area contributed by atoms with Crippen LogP contribution in [0.15, 0.2) is 72.9 Å². The molecule has 5 nitrogen and oxygen atoms in total. The van der Waals surface area contributed by atoms with Crippen LogP contribution in [-0.4, -0.2) is 23.5 Å². The third-order valence-corrected chi connectivity index (χ3v) is 4.17. The number of benzene rings is 2. The van der Waals surface area contributed by atoms with Crippen LogP contribution >= 0.6 is 0 Å². The van der Waals surface area contributed by atoms with Crippen molar-refractivity contribution in [3.05, 3.63) is 78.5 Å². The predicted molar refractivity (Wildman–Crippen MR) is 114 cm³/mol. The van der Waals surface area contributed by atoms with Crippen molar-refractivity contribution in [1.82, 2.24) is 4.98 Å². The van der Waals surface area contributed by atoms with Crippen LogP contribution in [0.2, 0.25) is 0 Å². The highest BCUT2D eigenvalue weighted by Crippen LogP contribution is 2.26.